The lowest BCUT2D eigenvalue weighted by atomic mass is 10.0. The molecule has 42 heavy (non-hydrogen) atoms. The molecule has 2 saturated heterocycles. The van der Waals surface area contributed by atoms with E-state index >= 15 is 0 Å². The highest BCUT2D eigenvalue weighted by molar-refractivity contribution is 5.90. The van der Waals surface area contributed by atoms with Crippen LogP contribution in [0.3, 0.4) is 0 Å². The van der Waals surface area contributed by atoms with Gasteiger partial charge in [0.2, 0.25) is 0 Å². The van der Waals surface area contributed by atoms with Crippen molar-refractivity contribution in [2.75, 3.05) is 13.2 Å². The number of aromatic nitrogens is 2. The third-order valence-corrected chi connectivity index (χ3v) is 7.02. The van der Waals surface area contributed by atoms with E-state index in [1.807, 2.05) is 0 Å². The highest BCUT2D eigenvalue weighted by Crippen LogP contribution is 2.30. The van der Waals surface area contributed by atoms with E-state index in [-0.39, 0.29) is 30.8 Å². The topological polar surface area (TPSA) is 176 Å². The minimum Gasteiger partial charge on any atom is -0.453 e. The van der Waals surface area contributed by atoms with Gasteiger partial charge >= 0.3 is 17.6 Å². The number of benzene rings is 2. The van der Waals surface area contributed by atoms with Crippen LogP contribution in [0, 0.1) is 6.92 Å². The summed E-state index contributed by atoms with van der Waals surface area (Å²) in [7, 11) is 0. The number of hydrogen-bond donors (Lipinski definition) is 3. The molecule has 7 atom stereocenters. The molecule has 2 aliphatic rings. The molecule has 0 amide bonds. The number of aromatic amines is 1. The number of H-pyrrole nitrogens is 1. The van der Waals surface area contributed by atoms with Crippen molar-refractivity contribution in [1.29, 1.82) is 0 Å². The highest BCUT2D eigenvalue weighted by atomic mass is 16.7. The normalized spacial score (nSPS) is 27.4. The molecular formula is C29H30N2O11. The van der Waals surface area contributed by atoms with Crippen LogP contribution in [0.5, 0.6) is 0 Å². The number of esters is 2. The Kier molecular flexibility index (Phi) is 8.94. The number of hydrogen-bond acceptors (Lipinski definition) is 11. The van der Waals surface area contributed by atoms with Crippen molar-refractivity contribution >= 4 is 11.9 Å². The van der Waals surface area contributed by atoms with Gasteiger partial charge in [0.25, 0.3) is 5.56 Å². The van der Waals surface area contributed by atoms with E-state index in [0.29, 0.717) is 5.56 Å². The lowest BCUT2D eigenvalue weighted by Gasteiger charge is -2.39. The molecule has 3 aromatic rings. The number of carbonyl (C=O) groups is 2. The maximum absolute atomic E-state index is 12.9. The quantitative estimate of drug-likeness (QED) is 0.319. The van der Waals surface area contributed by atoms with Gasteiger partial charge in [0.15, 0.2) is 18.5 Å². The predicted octanol–water partition coefficient (Wildman–Crippen LogP) is 0.678. The Labute approximate surface area is 239 Å². The summed E-state index contributed by atoms with van der Waals surface area (Å²) in [5.74, 6) is -1.46. The van der Waals surface area contributed by atoms with Gasteiger partial charge in [0.05, 0.1) is 30.4 Å². The van der Waals surface area contributed by atoms with Crippen LogP contribution in [0.25, 0.3) is 0 Å². The van der Waals surface area contributed by atoms with Gasteiger partial charge in [-0.05, 0) is 31.2 Å². The lowest BCUT2D eigenvalue weighted by molar-refractivity contribution is -0.275. The maximum atomic E-state index is 12.9. The number of aliphatic hydroxyl groups excluding tert-OH is 2. The average molecular weight is 583 g/mol. The Hall–Kier alpha value is -4.14. The summed E-state index contributed by atoms with van der Waals surface area (Å²) >= 11 is 0. The minimum atomic E-state index is -1.52. The van der Waals surface area contributed by atoms with Crippen LogP contribution in [-0.4, -0.2) is 81.7 Å². The molecule has 5 rings (SSSR count). The van der Waals surface area contributed by atoms with Gasteiger partial charge in [0.1, 0.15) is 18.4 Å². The van der Waals surface area contributed by atoms with Gasteiger partial charge < -0.3 is 33.9 Å². The predicted molar refractivity (Wildman–Crippen MR) is 144 cm³/mol. The number of carbonyl (C=O) groups excluding carboxylic acids is 2. The van der Waals surface area contributed by atoms with Crippen molar-refractivity contribution in [3.05, 3.63) is 104 Å². The summed E-state index contributed by atoms with van der Waals surface area (Å²) in [6, 6.07) is 16.3. The number of rotatable bonds is 8. The molecule has 0 saturated carbocycles. The zero-order valence-electron chi connectivity index (χ0n) is 22.5. The Morgan fingerprint density at radius 3 is 2.24 bits per heavy atom. The van der Waals surface area contributed by atoms with Gasteiger partial charge in [0, 0.05) is 18.2 Å². The molecule has 0 radical (unpaired) electrons. The van der Waals surface area contributed by atoms with Gasteiger partial charge in [-0.3, -0.25) is 14.3 Å². The number of aryl methyl sites for hydroxylation is 1. The fraction of sp³-hybridized carbons (Fsp3) is 0.379. The Bertz CT molecular complexity index is 1510. The van der Waals surface area contributed by atoms with Crippen molar-refractivity contribution in [2.24, 2.45) is 0 Å². The van der Waals surface area contributed by atoms with Crippen LogP contribution >= 0.6 is 0 Å². The molecule has 0 unspecified atom stereocenters. The summed E-state index contributed by atoms with van der Waals surface area (Å²) in [4.78, 5) is 51.7. The number of nitrogens with one attached hydrogen (secondary N) is 1. The summed E-state index contributed by atoms with van der Waals surface area (Å²) in [5, 5.41) is 21.7. The SMILES string of the molecule is Cc1cn([C@H]2C[C@H](O)[C@@H](CO[C@@H]3OC[C@@H](OC(=O)c4ccccc4)[C@@H](O)[C@H]3OC(=O)c3ccccc3)O2)c(=O)[nH]c1=O. The summed E-state index contributed by atoms with van der Waals surface area (Å²) in [6.07, 6.45) is -6.89. The monoisotopic (exact) mass is 582 g/mol. The van der Waals surface area contributed by atoms with Crippen molar-refractivity contribution in [2.45, 2.75) is 56.4 Å². The number of aliphatic hydroxyl groups is 2. The lowest BCUT2D eigenvalue weighted by Crippen LogP contribution is -2.57. The molecule has 2 aliphatic heterocycles. The number of nitrogens with zero attached hydrogens (tertiary/aromatic N) is 1. The molecule has 0 bridgehead atoms. The average Bonchev–Trinajstić information content (AvgIpc) is 3.37. The minimum absolute atomic E-state index is 0.0392. The fourth-order valence-electron chi connectivity index (χ4n) is 4.70. The van der Waals surface area contributed by atoms with E-state index in [0.717, 1.165) is 0 Å². The first-order valence-corrected chi connectivity index (χ1v) is 13.3. The van der Waals surface area contributed by atoms with Gasteiger partial charge in [-0.2, -0.15) is 0 Å². The summed E-state index contributed by atoms with van der Waals surface area (Å²) in [5.41, 5.74) is -0.438. The van der Waals surface area contributed by atoms with E-state index in [1.165, 1.54) is 29.8 Å². The van der Waals surface area contributed by atoms with Gasteiger partial charge in [-0.15, -0.1) is 0 Å². The molecule has 0 spiro atoms. The van der Waals surface area contributed by atoms with Crippen LogP contribution in [0.15, 0.2) is 76.4 Å². The molecule has 3 heterocycles. The molecular weight excluding hydrogens is 552 g/mol. The first-order valence-electron chi connectivity index (χ1n) is 13.3. The second kappa shape index (κ2) is 12.8. The Morgan fingerprint density at radius 1 is 0.976 bits per heavy atom. The molecule has 13 nitrogen and oxygen atoms in total. The fourth-order valence-corrected chi connectivity index (χ4v) is 4.70. The molecule has 13 heteroatoms. The first-order chi connectivity index (χ1) is 20.2. The van der Waals surface area contributed by atoms with Crippen LogP contribution in [0.1, 0.15) is 38.9 Å². The smallest absolute Gasteiger partial charge is 0.338 e. The van der Waals surface area contributed by atoms with E-state index < -0.39 is 66.2 Å². The zero-order chi connectivity index (χ0) is 29.8. The second-order valence-electron chi connectivity index (χ2n) is 9.98. The van der Waals surface area contributed by atoms with Crippen molar-refractivity contribution in [3.8, 4) is 0 Å². The Morgan fingerprint density at radius 2 is 1.60 bits per heavy atom. The van der Waals surface area contributed by atoms with E-state index in [1.54, 1.807) is 48.5 Å². The molecule has 0 aliphatic carbocycles. The van der Waals surface area contributed by atoms with Crippen molar-refractivity contribution in [3.63, 3.8) is 0 Å². The molecule has 1 aromatic heterocycles. The van der Waals surface area contributed by atoms with Crippen LogP contribution in [-0.2, 0) is 23.7 Å². The van der Waals surface area contributed by atoms with E-state index in [9.17, 15) is 29.4 Å². The van der Waals surface area contributed by atoms with Crippen LogP contribution in [0.2, 0.25) is 0 Å². The van der Waals surface area contributed by atoms with Crippen molar-refractivity contribution < 1.29 is 43.5 Å². The second-order valence-corrected chi connectivity index (χ2v) is 9.98. The zero-order valence-corrected chi connectivity index (χ0v) is 22.5. The standard InChI is InChI=1S/C29H30N2O11/c1-16-13-31(29(37)30-25(16)34)22-12-19(32)20(40-22)14-38-28-24(42-27(36)18-10-6-3-7-11-18)23(33)21(15-39-28)41-26(35)17-8-4-2-5-9-17/h2-11,13,19-24,28,32-33H,12,14-15H2,1H3,(H,30,34,37)/t19-,20+,21+,22+,23+,24+,28+/m0/s1. The van der Waals surface area contributed by atoms with Crippen molar-refractivity contribution in [1.82, 2.24) is 9.55 Å². The van der Waals surface area contributed by atoms with Gasteiger partial charge in [-0.25, -0.2) is 14.4 Å². The Balaban J connectivity index is 1.28. The molecule has 3 N–H and O–H groups in total. The third kappa shape index (κ3) is 6.50. The van der Waals surface area contributed by atoms with E-state index in [4.69, 9.17) is 23.7 Å². The maximum Gasteiger partial charge on any atom is 0.338 e. The van der Waals surface area contributed by atoms with E-state index in [2.05, 4.69) is 4.98 Å². The largest absolute Gasteiger partial charge is 0.453 e. The summed E-state index contributed by atoms with van der Waals surface area (Å²) in [6.45, 7) is 1.00. The van der Waals surface area contributed by atoms with Crippen LogP contribution in [0.4, 0.5) is 0 Å². The van der Waals surface area contributed by atoms with Crippen LogP contribution < -0.4 is 11.2 Å². The highest BCUT2D eigenvalue weighted by Gasteiger charge is 2.46. The molecule has 2 aromatic carbocycles. The molecule has 2 fully saturated rings. The first kappa shape index (κ1) is 29.4. The number of ether oxygens (including phenoxy) is 5. The third-order valence-electron chi connectivity index (χ3n) is 7.02. The molecule has 222 valence electrons. The van der Waals surface area contributed by atoms with Gasteiger partial charge in [-0.1, -0.05) is 36.4 Å². The summed E-state index contributed by atoms with van der Waals surface area (Å²) < 4.78 is 29.6.